The molecule has 0 aliphatic heterocycles. The molecule has 2 nitrogen and oxygen atoms in total. The molecule has 4 heteroatoms. The van der Waals surface area contributed by atoms with Crippen LogP contribution in [0.15, 0.2) is 53.4 Å². The molecule has 0 N–H and O–H groups in total. The van der Waals surface area contributed by atoms with Gasteiger partial charge in [-0.25, -0.2) is 9.18 Å². The minimum atomic E-state index is -0.609. The highest BCUT2D eigenvalue weighted by atomic mass is 32.1. The molecule has 0 heterocycles. The number of esters is 1. The Labute approximate surface area is 103 Å². The Morgan fingerprint density at radius 3 is 2.47 bits per heavy atom. The summed E-state index contributed by atoms with van der Waals surface area (Å²) in [6.07, 6.45) is 0. The van der Waals surface area contributed by atoms with E-state index in [1.165, 1.54) is 12.1 Å². The van der Waals surface area contributed by atoms with Crippen LogP contribution in [0.3, 0.4) is 0 Å². The monoisotopic (exact) mass is 248 g/mol. The van der Waals surface area contributed by atoms with Gasteiger partial charge in [0.25, 0.3) is 0 Å². The van der Waals surface area contributed by atoms with E-state index in [2.05, 4.69) is 12.6 Å². The summed E-state index contributed by atoms with van der Waals surface area (Å²) in [4.78, 5) is 12.1. The molecule has 2 rings (SSSR count). The van der Waals surface area contributed by atoms with Crippen LogP contribution in [0.25, 0.3) is 0 Å². The number of ether oxygens (including phenoxy) is 1. The van der Waals surface area contributed by atoms with Crippen LogP contribution in [-0.2, 0) is 0 Å². The lowest BCUT2D eigenvalue weighted by molar-refractivity contribution is 0.0727. The van der Waals surface area contributed by atoms with E-state index in [0.717, 1.165) is 0 Å². The van der Waals surface area contributed by atoms with Crippen LogP contribution < -0.4 is 4.74 Å². The van der Waals surface area contributed by atoms with Gasteiger partial charge in [-0.1, -0.05) is 18.2 Å². The lowest BCUT2D eigenvalue weighted by atomic mass is 10.2. The first-order valence-electron chi connectivity index (χ1n) is 4.92. The highest BCUT2D eigenvalue weighted by Gasteiger charge is 2.11. The molecule has 0 amide bonds. The lowest BCUT2D eigenvalue weighted by Crippen LogP contribution is -2.09. The van der Waals surface area contributed by atoms with Gasteiger partial charge in [0.05, 0.1) is 5.56 Å². The van der Waals surface area contributed by atoms with E-state index in [1.54, 1.807) is 36.4 Å². The number of benzene rings is 2. The summed E-state index contributed by atoms with van der Waals surface area (Å²) in [5.74, 6) is -1.30. The van der Waals surface area contributed by atoms with Gasteiger partial charge < -0.3 is 4.74 Å². The van der Waals surface area contributed by atoms with Gasteiger partial charge in [0.1, 0.15) is 0 Å². The molecule has 0 saturated heterocycles. The van der Waals surface area contributed by atoms with Crippen molar-refractivity contribution in [1.82, 2.24) is 0 Å². The van der Waals surface area contributed by atoms with Crippen LogP contribution in [0.2, 0.25) is 0 Å². The molecule has 86 valence electrons. The van der Waals surface area contributed by atoms with Crippen molar-refractivity contribution in [1.29, 1.82) is 0 Å². The highest BCUT2D eigenvalue weighted by molar-refractivity contribution is 7.80. The SMILES string of the molecule is O=C(Oc1ccc(S)cc1F)c1ccccc1. The maximum atomic E-state index is 13.4. The second kappa shape index (κ2) is 5.01. The summed E-state index contributed by atoms with van der Waals surface area (Å²) in [5.41, 5.74) is 0.377. The average Bonchev–Trinajstić information content (AvgIpc) is 2.34. The first kappa shape index (κ1) is 11.7. The number of hydrogen-bond donors (Lipinski definition) is 1. The highest BCUT2D eigenvalue weighted by Crippen LogP contribution is 2.21. The Morgan fingerprint density at radius 2 is 1.82 bits per heavy atom. The molecule has 0 aliphatic carbocycles. The molecule has 0 radical (unpaired) electrons. The van der Waals surface area contributed by atoms with Crippen molar-refractivity contribution < 1.29 is 13.9 Å². The van der Waals surface area contributed by atoms with Crippen LogP contribution in [0.5, 0.6) is 5.75 Å². The summed E-state index contributed by atoms with van der Waals surface area (Å²) in [6, 6.07) is 12.5. The first-order valence-corrected chi connectivity index (χ1v) is 5.37. The average molecular weight is 248 g/mol. The third kappa shape index (κ3) is 2.85. The lowest BCUT2D eigenvalue weighted by Gasteiger charge is -2.05. The van der Waals surface area contributed by atoms with Crippen molar-refractivity contribution in [2.24, 2.45) is 0 Å². The maximum Gasteiger partial charge on any atom is 0.343 e. The molecule has 0 unspecified atom stereocenters. The first-order chi connectivity index (χ1) is 8.16. The van der Waals surface area contributed by atoms with E-state index in [1.807, 2.05) is 0 Å². The van der Waals surface area contributed by atoms with E-state index in [4.69, 9.17) is 4.74 Å². The van der Waals surface area contributed by atoms with Gasteiger partial charge in [0.15, 0.2) is 11.6 Å². The van der Waals surface area contributed by atoms with Gasteiger partial charge >= 0.3 is 5.97 Å². The second-order valence-electron chi connectivity index (χ2n) is 3.37. The van der Waals surface area contributed by atoms with Crippen molar-refractivity contribution in [2.45, 2.75) is 4.90 Å². The molecule has 0 spiro atoms. The number of halogens is 1. The predicted octanol–water partition coefficient (Wildman–Crippen LogP) is 3.33. The molecule has 0 bridgehead atoms. The summed E-state index contributed by atoms with van der Waals surface area (Å²) in [7, 11) is 0. The fourth-order valence-electron chi connectivity index (χ4n) is 1.31. The van der Waals surface area contributed by atoms with Gasteiger partial charge in [-0.3, -0.25) is 0 Å². The Bertz CT molecular complexity index is 540. The summed E-state index contributed by atoms with van der Waals surface area (Å²) < 4.78 is 18.3. The Kier molecular flexibility index (Phi) is 3.44. The van der Waals surface area contributed by atoms with Crippen molar-refractivity contribution in [3.63, 3.8) is 0 Å². The smallest absolute Gasteiger partial charge is 0.343 e. The fraction of sp³-hybridized carbons (Fsp3) is 0. The normalized spacial score (nSPS) is 10.0. The van der Waals surface area contributed by atoms with Crippen molar-refractivity contribution in [3.05, 3.63) is 59.9 Å². The quantitative estimate of drug-likeness (QED) is 0.501. The predicted molar refractivity (Wildman–Crippen MR) is 65.1 cm³/mol. The number of hydrogen-bond acceptors (Lipinski definition) is 3. The van der Waals surface area contributed by atoms with E-state index in [9.17, 15) is 9.18 Å². The minimum absolute atomic E-state index is 0.100. The van der Waals surface area contributed by atoms with E-state index in [-0.39, 0.29) is 5.75 Å². The van der Waals surface area contributed by atoms with Crippen LogP contribution in [-0.4, -0.2) is 5.97 Å². The Morgan fingerprint density at radius 1 is 1.12 bits per heavy atom. The summed E-state index contributed by atoms with van der Waals surface area (Å²) in [5, 5.41) is 0. The maximum absolute atomic E-state index is 13.4. The van der Waals surface area contributed by atoms with Crippen molar-refractivity contribution in [3.8, 4) is 5.75 Å². The molecule has 0 saturated carbocycles. The van der Waals surface area contributed by atoms with Crippen molar-refractivity contribution in [2.75, 3.05) is 0 Å². The van der Waals surface area contributed by atoms with E-state index < -0.39 is 11.8 Å². The molecule has 17 heavy (non-hydrogen) atoms. The van der Waals surface area contributed by atoms with E-state index >= 15 is 0 Å². The van der Waals surface area contributed by atoms with Crippen LogP contribution in [0, 0.1) is 5.82 Å². The van der Waals surface area contributed by atoms with E-state index in [0.29, 0.717) is 10.5 Å². The zero-order valence-electron chi connectivity index (χ0n) is 8.76. The number of carbonyl (C=O) groups excluding carboxylic acids is 1. The van der Waals surface area contributed by atoms with Gasteiger partial charge in [-0.15, -0.1) is 12.6 Å². The van der Waals surface area contributed by atoms with Gasteiger partial charge in [0, 0.05) is 4.90 Å². The third-order valence-electron chi connectivity index (χ3n) is 2.13. The summed E-state index contributed by atoms with van der Waals surface area (Å²) in [6.45, 7) is 0. The molecule has 0 aliphatic rings. The Balaban J connectivity index is 2.19. The molecular formula is C13H9FO2S. The number of carbonyl (C=O) groups is 1. The fourth-order valence-corrected chi connectivity index (χ4v) is 1.49. The molecule has 0 fully saturated rings. The second-order valence-corrected chi connectivity index (χ2v) is 3.89. The molecule has 0 aromatic heterocycles. The standard InChI is InChI=1S/C13H9FO2S/c14-11-8-10(17)6-7-12(11)16-13(15)9-4-2-1-3-5-9/h1-8,17H. The van der Waals surface area contributed by atoms with Crippen LogP contribution in [0.1, 0.15) is 10.4 Å². The zero-order chi connectivity index (χ0) is 12.3. The molecule has 2 aromatic rings. The molecule has 2 aromatic carbocycles. The number of rotatable bonds is 2. The minimum Gasteiger partial charge on any atom is -0.420 e. The van der Waals surface area contributed by atoms with Gasteiger partial charge in [0.2, 0.25) is 0 Å². The topological polar surface area (TPSA) is 26.3 Å². The van der Waals surface area contributed by atoms with Crippen LogP contribution >= 0.6 is 12.6 Å². The Hall–Kier alpha value is -1.81. The van der Waals surface area contributed by atoms with Crippen molar-refractivity contribution >= 4 is 18.6 Å². The van der Waals surface area contributed by atoms with Gasteiger partial charge in [-0.2, -0.15) is 0 Å². The summed E-state index contributed by atoms with van der Waals surface area (Å²) >= 11 is 3.98. The zero-order valence-corrected chi connectivity index (χ0v) is 9.65. The molecular weight excluding hydrogens is 239 g/mol. The van der Waals surface area contributed by atoms with Gasteiger partial charge in [-0.05, 0) is 30.3 Å². The largest absolute Gasteiger partial charge is 0.420 e. The van der Waals surface area contributed by atoms with Crippen LogP contribution in [0.4, 0.5) is 4.39 Å². The number of thiol groups is 1. The molecule has 0 atom stereocenters. The third-order valence-corrected chi connectivity index (χ3v) is 2.41.